The van der Waals surface area contributed by atoms with Crippen molar-refractivity contribution in [1.29, 1.82) is 0 Å². The molecule has 1 heterocycles. The molecule has 0 aromatic heterocycles. The number of nitrogens with two attached hydrogens (primary N) is 2. The zero-order valence-electron chi connectivity index (χ0n) is 29.4. The first-order valence-corrected chi connectivity index (χ1v) is 17.6. The Kier molecular flexibility index (Phi) is 16.3. The van der Waals surface area contributed by atoms with Crippen LogP contribution in [-0.4, -0.2) is 96.0 Å². The van der Waals surface area contributed by atoms with Crippen LogP contribution in [0, 0.1) is 5.92 Å². The number of unbranched alkanes of at least 4 members (excludes halogenated alkanes) is 1. The molecule has 2 aromatic carbocycles. The number of carboxylic acids is 1. The first-order valence-electron chi connectivity index (χ1n) is 17.6. The summed E-state index contributed by atoms with van der Waals surface area (Å²) >= 11 is 0. The van der Waals surface area contributed by atoms with Gasteiger partial charge < -0.3 is 42.7 Å². The van der Waals surface area contributed by atoms with Gasteiger partial charge in [-0.05, 0) is 75.1 Å². The SMILES string of the molecule is CC(C)C[C@@H](NC(=O)[C@@H](Cc1ccccc1)NC(=O)CNCCc1ccccc1)C(=O)N[C@H](CCCCN)C(=O)N1CCC(N)(C(=O)O)CC1. The van der Waals surface area contributed by atoms with Crippen LogP contribution in [0.1, 0.15) is 63.5 Å². The van der Waals surface area contributed by atoms with Crippen LogP contribution < -0.4 is 32.7 Å². The number of carboxylic acid groups (broad SMARTS) is 1. The maximum Gasteiger partial charge on any atom is 0.323 e. The molecule has 0 aliphatic carbocycles. The fourth-order valence-electron chi connectivity index (χ4n) is 5.94. The van der Waals surface area contributed by atoms with E-state index in [-0.39, 0.29) is 56.6 Å². The van der Waals surface area contributed by atoms with Gasteiger partial charge in [0.2, 0.25) is 23.6 Å². The lowest BCUT2D eigenvalue weighted by Gasteiger charge is -2.38. The Balaban J connectivity index is 1.70. The maximum atomic E-state index is 13.8. The molecule has 13 heteroatoms. The van der Waals surface area contributed by atoms with Gasteiger partial charge in [-0.25, -0.2) is 0 Å². The van der Waals surface area contributed by atoms with E-state index in [1.807, 2.05) is 74.5 Å². The van der Waals surface area contributed by atoms with Crippen molar-refractivity contribution in [2.75, 3.05) is 32.7 Å². The van der Waals surface area contributed by atoms with E-state index in [0.29, 0.717) is 38.8 Å². The van der Waals surface area contributed by atoms with Gasteiger partial charge in [-0.15, -0.1) is 0 Å². The predicted molar refractivity (Wildman–Crippen MR) is 192 cm³/mol. The molecule has 0 unspecified atom stereocenters. The van der Waals surface area contributed by atoms with Gasteiger partial charge in [0, 0.05) is 19.5 Å². The molecule has 9 N–H and O–H groups in total. The average Bonchev–Trinajstić information content (AvgIpc) is 3.09. The van der Waals surface area contributed by atoms with E-state index in [0.717, 1.165) is 17.5 Å². The second kappa shape index (κ2) is 20.4. The Labute approximate surface area is 295 Å². The molecule has 0 radical (unpaired) electrons. The van der Waals surface area contributed by atoms with E-state index in [1.54, 1.807) is 0 Å². The number of hydrogen-bond acceptors (Lipinski definition) is 8. The van der Waals surface area contributed by atoms with Crippen LogP contribution in [-0.2, 0) is 36.8 Å². The number of aliphatic carboxylic acids is 1. The molecule has 4 amide bonds. The lowest BCUT2D eigenvalue weighted by Crippen LogP contribution is -2.60. The molecule has 0 saturated carbocycles. The number of carbonyl (C=O) groups excluding carboxylic acids is 4. The first kappa shape index (κ1) is 40.1. The molecule has 0 spiro atoms. The maximum absolute atomic E-state index is 13.8. The molecule has 1 aliphatic rings. The van der Waals surface area contributed by atoms with Crippen molar-refractivity contribution in [2.24, 2.45) is 17.4 Å². The van der Waals surface area contributed by atoms with Crippen molar-refractivity contribution in [3.05, 3.63) is 71.8 Å². The summed E-state index contributed by atoms with van der Waals surface area (Å²) in [5, 5.41) is 21.2. The van der Waals surface area contributed by atoms with E-state index in [4.69, 9.17) is 11.5 Å². The summed E-state index contributed by atoms with van der Waals surface area (Å²) in [6.07, 6.45) is 3.02. The summed E-state index contributed by atoms with van der Waals surface area (Å²) < 4.78 is 0. The minimum Gasteiger partial charge on any atom is -0.480 e. The lowest BCUT2D eigenvalue weighted by atomic mass is 9.88. The zero-order chi connectivity index (χ0) is 36.5. The summed E-state index contributed by atoms with van der Waals surface area (Å²) in [5.41, 5.74) is 12.3. The average molecular weight is 694 g/mol. The fourth-order valence-corrected chi connectivity index (χ4v) is 5.94. The highest BCUT2D eigenvalue weighted by Crippen LogP contribution is 2.21. The molecule has 3 rings (SSSR count). The van der Waals surface area contributed by atoms with Gasteiger partial charge in [0.15, 0.2) is 0 Å². The van der Waals surface area contributed by atoms with Gasteiger partial charge in [0.05, 0.1) is 6.54 Å². The summed E-state index contributed by atoms with van der Waals surface area (Å²) in [6, 6.07) is 16.4. The molecule has 50 heavy (non-hydrogen) atoms. The highest BCUT2D eigenvalue weighted by atomic mass is 16.4. The van der Waals surface area contributed by atoms with Crippen LogP contribution in [0.25, 0.3) is 0 Å². The Morgan fingerprint density at radius 3 is 1.98 bits per heavy atom. The summed E-state index contributed by atoms with van der Waals surface area (Å²) in [7, 11) is 0. The molecule has 13 nitrogen and oxygen atoms in total. The standard InChI is InChI=1S/C37H55N7O6/c1-26(2)23-30(33(46)42-29(15-9-10-19-38)35(48)44-21-17-37(39,18-22-44)36(49)50)43-34(47)31(24-28-13-7-4-8-14-28)41-32(45)25-40-20-16-27-11-5-3-6-12-27/h3-8,11-14,26,29-31,40H,9-10,15-25,38-39H2,1-2H3,(H,41,45)(H,42,46)(H,43,47)(H,49,50)/t29-,30-,31-/m1/s1. The fraction of sp³-hybridized carbons (Fsp3) is 0.541. The Bertz CT molecular complexity index is 1380. The minimum atomic E-state index is -1.40. The van der Waals surface area contributed by atoms with Crippen molar-refractivity contribution in [1.82, 2.24) is 26.2 Å². The van der Waals surface area contributed by atoms with Crippen molar-refractivity contribution in [2.45, 2.75) is 88.9 Å². The van der Waals surface area contributed by atoms with Gasteiger partial charge >= 0.3 is 5.97 Å². The zero-order valence-corrected chi connectivity index (χ0v) is 29.4. The van der Waals surface area contributed by atoms with Crippen LogP contribution in [0.5, 0.6) is 0 Å². The van der Waals surface area contributed by atoms with Crippen LogP contribution in [0.15, 0.2) is 60.7 Å². The highest BCUT2D eigenvalue weighted by molar-refractivity contribution is 5.94. The third-order valence-corrected chi connectivity index (χ3v) is 8.95. The van der Waals surface area contributed by atoms with Crippen molar-refractivity contribution in [3.63, 3.8) is 0 Å². The number of hydrogen-bond donors (Lipinski definition) is 7. The molecule has 274 valence electrons. The molecule has 0 bridgehead atoms. The summed E-state index contributed by atoms with van der Waals surface area (Å²) in [5.74, 6) is -2.79. The molecule has 1 saturated heterocycles. The number of nitrogens with zero attached hydrogens (tertiary/aromatic N) is 1. The van der Waals surface area contributed by atoms with Crippen molar-refractivity contribution in [3.8, 4) is 0 Å². The van der Waals surface area contributed by atoms with Gasteiger partial charge in [-0.3, -0.25) is 24.0 Å². The molecule has 1 aliphatic heterocycles. The molecule has 2 aromatic rings. The normalized spacial score (nSPS) is 15.8. The van der Waals surface area contributed by atoms with Gasteiger partial charge in [0.25, 0.3) is 0 Å². The number of nitrogens with one attached hydrogen (secondary N) is 4. The Morgan fingerprint density at radius 1 is 0.820 bits per heavy atom. The molecule has 3 atom stereocenters. The van der Waals surface area contributed by atoms with Crippen molar-refractivity contribution < 1.29 is 29.1 Å². The topological polar surface area (TPSA) is 209 Å². The summed E-state index contributed by atoms with van der Waals surface area (Å²) in [6.45, 7) is 5.18. The number of carbonyl (C=O) groups is 5. The predicted octanol–water partition coefficient (Wildman–Crippen LogP) is 1.10. The van der Waals surface area contributed by atoms with Gasteiger partial charge in [0.1, 0.15) is 23.7 Å². The van der Waals surface area contributed by atoms with Crippen LogP contribution in [0.2, 0.25) is 0 Å². The van der Waals surface area contributed by atoms with E-state index in [1.165, 1.54) is 4.90 Å². The Morgan fingerprint density at radius 2 is 1.40 bits per heavy atom. The van der Waals surface area contributed by atoms with Gasteiger partial charge in [-0.1, -0.05) is 74.5 Å². The number of piperidine rings is 1. The minimum absolute atomic E-state index is 0.0160. The lowest BCUT2D eigenvalue weighted by molar-refractivity contribution is -0.148. The van der Waals surface area contributed by atoms with E-state index in [2.05, 4.69) is 21.3 Å². The molecule has 1 fully saturated rings. The molecular weight excluding hydrogens is 638 g/mol. The third-order valence-electron chi connectivity index (χ3n) is 8.95. The second-order valence-corrected chi connectivity index (χ2v) is 13.5. The van der Waals surface area contributed by atoms with Crippen LogP contribution in [0.4, 0.5) is 0 Å². The second-order valence-electron chi connectivity index (χ2n) is 13.5. The Hall–Kier alpha value is -4.33. The number of amides is 4. The van der Waals surface area contributed by atoms with E-state index < -0.39 is 41.4 Å². The summed E-state index contributed by atoms with van der Waals surface area (Å²) in [4.78, 5) is 67.4. The third kappa shape index (κ3) is 13.2. The largest absolute Gasteiger partial charge is 0.480 e. The molecular formula is C37H55N7O6. The van der Waals surface area contributed by atoms with E-state index in [9.17, 15) is 29.1 Å². The van der Waals surface area contributed by atoms with Crippen molar-refractivity contribution >= 4 is 29.6 Å². The van der Waals surface area contributed by atoms with Gasteiger partial charge in [-0.2, -0.15) is 0 Å². The first-order chi connectivity index (χ1) is 23.9. The number of rotatable bonds is 20. The smallest absolute Gasteiger partial charge is 0.323 e. The highest BCUT2D eigenvalue weighted by Gasteiger charge is 2.40. The monoisotopic (exact) mass is 693 g/mol. The number of benzene rings is 2. The number of likely N-dealkylation sites (tertiary alicyclic amines) is 1. The van der Waals surface area contributed by atoms with Crippen LogP contribution in [0.3, 0.4) is 0 Å². The van der Waals surface area contributed by atoms with Crippen LogP contribution >= 0.6 is 0 Å². The quantitative estimate of drug-likeness (QED) is 0.0990. The van der Waals surface area contributed by atoms with E-state index >= 15 is 0 Å².